The molecule has 3 rings (SSSR count). The molecule has 0 amide bonds. The van der Waals surface area contributed by atoms with E-state index < -0.39 is 5.66 Å². The average Bonchev–Trinajstić information content (AvgIpc) is 2.71. The van der Waals surface area contributed by atoms with E-state index in [2.05, 4.69) is 0 Å². The quantitative estimate of drug-likeness (QED) is 0.683. The van der Waals surface area contributed by atoms with E-state index in [1.807, 2.05) is 68.4 Å². The number of rotatable bonds is 2. The summed E-state index contributed by atoms with van der Waals surface area (Å²) in [6.07, 6.45) is 0. The standard InChI is InChI=1S/C18H20N2O2/c1-13-9-11-16(12-10-13)18(3)19(21)14(2)17(20(18)22)15-7-5-4-6-8-15/h4-12,14,21H,1-3H3/t14-,18+/m0/s1. The van der Waals surface area contributed by atoms with Crippen molar-refractivity contribution in [3.63, 3.8) is 0 Å². The smallest absolute Gasteiger partial charge is 0.274 e. The van der Waals surface area contributed by atoms with Crippen molar-refractivity contribution in [2.75, 3.05) is 0 Å². The van der Waals surface area contributed by atoms with Gasteiger partial charge in [-0.1, -0.05) is 48.0 Å². The van der Waals surface area contributed by atoms with Crippen LogP contribution in [0.1, 0.15) is 30.5 Å². The van der Waals surface area contributed by atoms with Gasteiger partial charge >= 0.3 is 0 Å². The summed E-state index contributed by atoms with van der Waals surface area (Å²) in [4.78, 5) is 0. The minimum Gasteiger partial charge on any atom is -0.622 e. The van der Waals surface area contributed by atoms with Gasteiger partial charge < -0.3 is 10.4 Å². The molecular weight excluding hydrogens is 276 g/mol. The van der Waals surface area contributed by atoms with Crippen LogP contribution in [0.2, 0.25) is 0 Å². The Hall–Kier alpha value is -2.17. The monoisotopic (exact) mass is 296 g/mol. The third-order valence-corrected chi connectivity index (χ3v) is 4.49. The SMILES string of the molecule is Cc1ccc([C@]2(C)N(O)[C@@H](C)C(c3ccccc3)=[N+]2[O-])cc1. The summed E-state index contributed by atoms with van der Waals surface area (Å²) in [5.74, 6) is 0. The van der Waals surface area contributed by atoms with E-state index in [0.717, 1.165) is 26.5 Å². The molecule has 0 radical (unpaired) electrons. The second-order valence-corrected chi connectivity index (χ2v) is 5.95. The first-order chi connectivity index (χ1) is 10.5. The summed E-state index contributed by atoms with van der Waals surface area (Å²) in [6.45, 7) is 5.58. The van der Waals surface area contributed by atoms with E-state index >= 15 is 0 Å². The van der Waals surface area contributed by atoms with E-state index in [1.165, 1.54) is 0 Å². The molecule has 2 aromatic carbocycles. The molecule has 4 nitrogen and oxygen atoms in total. The highest BCUT2D eigenvalue weighted by atomic mass is 16.6. The Labute approximate surface area is 130 Å². The molecule has 114 valence electrons. The van der Waals surface area contributed by atoms with E-state index in [1.54, 1.807) is 6.92 Å². The van der Waals surface area contributed by atoms with Crippen LogP contribution in [0.25, 0.3) is 0 Å². The zero-order valence-electron chi connectivity index (χ0n) is 13.0. The Morgan fingerprint density at radius 3 is 2.27 bits per heavy atom. The number of hydrogen-bond donors (Lipinski definition) is 1. The second-order valence-electron chi connectivity index (χ2n) is 5.95. The van der Waals surface area contributed by atoms with Crippen molar-refractivity contribution in [2.45, 2.75) is 32.5 Å². The third-order valence-electron chi connectivity index (χ3n) is 4.49. The molecule has 0 saturated heterocycles. The van der Waals surface area contributed by atoms with Crippen LogP contribution >= 0.6 is 0 Å². The molecule has 1 aliphatic rings. The zero-order chi connectivity index (χ0) is 15.9. The molecule has 2 atom stereocenters. The third kappa shape index (κ3) is 2.03. The van der Waals surface area contributed by atoms with Gasteiger partial charge in [0.05, 0.1) is 0 Å². The number of aryl methyl sites for hydroxylation is 1. The Balaban J connectivity index is 2.16. The van der Waals surface area contributed by atoms with Crippen molar-refractivity contribution in [3.8, 4) is 0 Å². The molecule has 4 heteroatoms. The van der Waals surface area contributed by atoms with Crippen molar-refractivity contribution in [1.29, 1.82) is 0 Å². The largest absolute Gasteiger partial charge is 0.622 e. The first-order valence-corrected chi connectivity index (χ1v) is 7.41. The first-order valence-electron chi connectivity index (χ1n) is 7.41. The van der Waals surface area contributed by atoms with E-state index in [0.29, 0.717) is 5.71 Å². The summed E-state index contributed by atoms with van der Waals surface area (Å²) in [5.41, 5.74) is 2.17. The Kier molecular flexibility index (Phi) is 3.51. The lowest BCUT2D eigenvalue weighted by atomic mass is 10.0. The van der Waals surface area contributed by atoms with Gasteiger partial charge in [-0.25, -0.2) is 0 Å². The molecule has 0 spiro atoms. The maximum Gasteiger partial charge on any atom is 0.274 e. The number of benzene rings is 2. The predicted octanol–water partition coefficient (Wildman–Crippen LogP) is 3.26. The number of hydrogen-bond acceptors (Lipinski definition) is 3. The van der Waals surface area contributed by atoms with Crippen LogP contribution in [0.15, 0.2) is 54.6 Å². The van der Waals surface area contributed by atoms with Crippen molar-refractivity contribution >= 4 is 5.71 Å². The van der Waals surface area contributed by atoms with Crippen LogP contribution in [0.5, 0.6) is 0 Å². The van der Waals surface area contributed by atoms with Crippen LogP contribution in [0.4, 0.5) is 0 Å². The molecule has 0 saturated carbocycles. The Bertz CT molecular complexity index is 710. The molecule has 1 heterocycles. The van der Waals surface area contributed by atoms with Crippen LogP contribution in [0, 0.1) is 12.1 Å². The minimum absolute atomic E-state index is 0.383. The average molecular weight is 296 g/mol. The van der Waals surface area contributed by atoms with Gasteiger partial charge in [-0.15, -0.1) is 5.06 Å². The van der Waals surface area contributed by atoms with Crippen molar-refractivity contribution in [2.24, 2.45) is 0 Å². The highest BCUT2D eigenvalue weighted by Crippen LogP contribution is 2.36. The van der Waals surface area contributed by atoms with Gasteiger partial charge in [0.1, 0.15) is 6.04 Å². The van der Waals surface area contributed by atoms with Gasteiger partial charge in [0.15, 0.2) is 0 Å². The maximum atomic E-state index is 13.0. The minimum atomic E-state index is -1.13. The lowest BCUT2D eigenvalue weighted by Crippen LogP contribution is -2.45. The van der Waals surface area contributed by atoms with Crippen LogP contribution in [-0.2, 0) is 5.66 Å². The van der Waals surface area contributed by atoms with E-state index in [4.69, 9.17) is 0 Å². The molecule has 1 aliphatic heterocycles. The normalized spacial score (nSPS) is 25.7. The molecule has 0 bridgehead atoms. The molecule has 0 unspecified atom stereocenters. The van der Waals surface area contributed by atoms with Crippen molar-refractivity contribution in [3.05, 3.63) is 76.5 Å². The van der Waals surface area contributed by atoms with Gasteiger partial charge in [0.2, 0.25) is 5.71 Å². The fraction of sp³-hybridized carbons (Fsp3) is 0.278. The van der Waals surface area contributed by atoms with Crippen LogP contribution < -0.4 is 0 Å². The van der Waals surface area contributed by atoms with Gasteiger partial charge in [-0.3, -0.25) is 0 Å². The lowest BCUT2D eigenvalue weighted by Gasteiger charge is -2.29. The number of nitrogens with zero attached hydrogens (tertiary/aromatic N) is 2. The van der Waals surface area contributed by atoms with E-state index in [-0.39, 0.29) is 6.04 Å². The van der Waals surface area contributed by atoms with Gasteiger partial charge in [-0.05, 0) is 26.0 Å². The summed E-state index contributed by atoms with van der Waals surface area (Å²) >= 11 is 0. The molecule has 0 aliphatic carbocycles. The first kappa shape index (κ1) is 14.8. The fourth-order valence-corrected chi connectivity index (χ4v) is 3.08. The lowest BCUT2D eigenvalue weighted by molar-refractivity contribution is -0.595. The second kappa shape index (κ2) is 5.23. The topological polar surface area (TPSA) is 49.5 Å². The van der Waals surface area contributed by atoms with Crippen LogP contribution in [0.3, 0.4) is 0 Å². The van der Waals surface area contributed by atoms with Gasteiger partial charge in [0.25, 0.3) is 5.66 Å². The Morgan fingerprint density at radius 1 is 1.09 bits per heavy atom. The predicted molar refractivity (Wildman–Crippen MR) is 85.8 cm³/mol. The number of hydroxylamine groups is 3. The highest BCUT2D eigenvalue weighted by molar-refractivity contribution is 6.01. The molecular formula is C18H20N2O2. The summed E-state index contributed by atoms with van der Waals surface area (Å²) < 4.78 is 0.928. The summed E-state index contributed by atoms with van der Waals surface area (Å²) in [5, 5.41) is 24.8. The molecule has 0 aromatic heterocycles. The van der Waals surface area contributed by atoms with Gasteiger partial charge in [0, 0.05) is 18.1 Å². The van der Waals surface area contributed by atoms with Crippen molar-refractivity contribution in [1.82, 2.24) is 5.06 Å². The van der Waals surface area contributed by atoms with E-state index in [9.17, 15) is 10.4 Å². The summed E-state index contributed by atoms with van der Waals surface area (Å²) in [6, 6.07) is 16.8. The summed E-state index contributed by atoms with van der Waals surface area (Å²) in [7, 11) is 0. The highest BCUT2D eigenvalue weighted by Gasteiger charge is 2.54. The van der Waals surface area contributed by atoms with Crippen molar-refractivity contribution < 1.29 is 9.95 Å². The molecule has 1 N–H and O–H groups in total. The molecule has 0 fully saturated rings. The Morgan fingerprint density at radius 2 is 1.68 bits per heavy atom. The van der Waals surface area contributed by atoms with Gasteiger partial charge in [-0.2, -0.15) is 4.74 Å². The fourth-order valence-electron chi connectivity index (χ4n) is 3.08. The zero-order valence-corrected chi connectivity index (χ0v) is 13.0. The van der Waals surface area contributed by atoms with Crippen LogP contribution in [-0.4, -0.2) is 26.8 Å². The molecule has 22 heavy (non-hydrogen) atoms. The maximum absolute atomic E-state index is 13.0. The molecule has 2 aromatic rings.